The summed E-state index contributed by atoms with van der Waals surface area (Å²) in [6.07, 6.45) is 2.04. The van der Waals surface area contributed by atoms with Gasteiger partial charge in [0.2, 0.25) is 0 Å². The molecule has 4 aliphatic carbocycles. The lowest BCUT2D eigenvalue weighted by Gasteiger charge is -2.24. The molecule has 0 saturated heterocycles. The van der Waals surface area contributed by atoms with Crippen LogP contribution in [0.4, 0.5) is 0 Å². The molecule has 14 aromatic carbocycles. The monoisotopic (exact) mass is 1100 g/mol. The van der Waals surface area contributed by atoms with E-state index in [1.54, 1.807) is 0 Å². The molecule has 2 nitrogen and oxygen atoms in total. The van der Waals surface area contributed by atoms with Gasteiger partial charge in [0.15, 0.2) is 0 Å². The minimum Gasteiger partial charge on any atom is -0.493 e. The molecule has 0 spiro atoms. The second kappa shape index (κ2) is 17.9. The molecule has 0 unspecified atom stereocenters. The van der Waals surface area contributed by atoms with Gasteiger partial charge in [-0.3, -0.25) is 0 Å². The van der Waals surface area contributed by atoms with Crippen LogP contribution in [0.15, 0.2) is 218 Å². The largest absolute Gasteiger partial charge is 0.493 e. The highest BCUT2D eigenvalue weighted by Gasteiger charge is 2.43. The number of benzene rings is 14. The van der Waals surface area contributed by atoms with Crippen LogP contribution in [0.25, 0.3) is 109 Å². The fraction of sp³-hybridized carbons (Fsp3) is 0.143. The molecule has 0 N–H and O–H groups in total. The van der Waals surface area contributed by atoms with Crippen molar-refractivity contribution in [2.24, 2.45) is 0 Å². The molecule has 0 fully saturated rings. The van der Waals surface area contributed by atoms with Crippen molar-refractivity contribution < 1.29 is 9.47 Å². The Morgan fingerprint density at radius 1 is 0.279 bits per heavy atom. The van der Waals surface area contributed by atoms with E-state index in [1.165, 1.54) is 187 Å². The maximum absolute atomic E-state index is 6.26. The summed E-state index contributed by atoms with van der Waals surface area (Å²) in [4.78, 5) is 0. The van der Waals surface area contributed by atoms with Crippen LogP contribution < -0.4 is 9.47 Å². The first-order valence-corrected chi connectivity index (χ1v) is 31.1. The third-order valence-corrected chi connectivity index (χ3v) is 20.9. The second-order valence-corrected chi connectivity index (χ2v) is 25.5. The Morgan fingerprint density at radius 2 is 0.605 bits per heavy atom. The molecule has 4 atom stereocenters. The molecule has 86 heavy (non-hydrogen) atoms. The van der Waals surface area contributed by atoms with Gasteiger partial charge in [-0.2, -0.15) is 0 Å². The van der Waals surface area contributed by atoms with Crippen molar-refractivity contribution in [2.75, 3.05) is 13.2 Å². The highest BCUT2D eigenvalue weighted by atomic mass is 16.5. The average molecular weight is 1100 g/mol. The van der Waals surface area contributed by atoms with E-state index in [2.05, 4.69) is 246 Å². The molecule has 14 aromatic rings. The van der Waals surface area contributed by atoms with Crippen LogP contribution in [0.2, 0.25) is 0 Å². The number of hydrogen-bond acceptors (Lipinski definition) is 2. The summed E-state index contributed by atoms with van der Waals surface area (Å²) >= 11 is 0. The van der Waals surface area contributed by atoms with Crippen molar-refractivity contribution in [2.45, 2.75) is 64.2 Å². The van der Waals surface area contributed by atoms with Crippen molar-refractivity contribution >= 4 is 64.6 Å². The van der Waals surface area contributed by atoms with E-state index in [1.807, 2.05) is 0 Å². The molecule has 0 saturated carbocycles. The summed E-state index contributed by atoms with van der Waals surface area (Å²) in [7, 11) is 0. The number of hydrogen-bond donors (Lipinski definition) is 0. The first-order valence-electron chi connectivity index (χ1n) is 31.1. The normalized spacial score (nSPS) is 17.5. The molecule has 0 aromatic heterocycles. The lowest BCUT2D eigenvalue weighted by atomic mass is 9.80. The van der Waals surface area contributed by atoms with Crippen molar-refractivity contribution in [3.8, 4) is 56.0 Å². The SMILES string of the molecule is Cc1ccc([C@@H]2c3cc(C)ccc3-c3c2c2ccccc2c2c4c(c5ccccc5c32)[C@@H]2CCOc3cccc-4c32)cc1.Cc1ccc([C@H]2c3cc(C)ccc3-c3c2c2ccccc2c2c4c(c5ccccc5c32)[C@@H]2CCOc3cccc-4c32)cc1. The molecule has 0 amide bonds. The van der Waals surface area contributed by atoms with Crippen LogP contribution in [0.5, 0.6) is 11.5 Å². The first kappa shape index (κ1) is 48.6. The first-order chi connectivity index (χ1) is 42.4. The van der Waals surface area contributed by atoms with E-state index in [-0.39, 0.29) is 11.8 Å². The standard InChI is InChI=1S/2C42H30O/c2*1-23-14-17-25(18-15-23)35-33-22-24(2)16-19-30(33)41-38(35)28-10-5-6-11-29(28)40-39(41)27-9-4-3-8-26(27)37-32-20-21-43-34-13-7-12-31(36(32)34)42(37)40/h2*3-19,22,32,35H,20-21H2,1-2H3/t32-,35+;32-,35-/m11/s1. The number of aryl methyl sites for hydroxylation is 4. The van der Waals surface area contributed by atoms with Gasteiger partial charge in [0.25, 0.3) is 0 Å². The van der Waals surface area contributed by atoms with Gasteiger partial charge < -0.3 is 9.47 Å². The molecule has 2 aliphatic heterocycles. The van der Waals surface area contributed by atoms with Gasteiger partial charge in [0.1, 0.15) is 11.5 Å². The Morgan fingerprint density at radius 3 is 0.977 bits per heavy atom. The smallest absolute Gasteiger partial charge is 0.123 e. The molecule has 0 bridgehead atoms. The Kier molecular flexibility index (Phi) is 10.1. The quantitative estimate of drug-likeness (QED) is 0.161. The van der Waals surface area contributed by atoms with Crippen molar-refractivity contribution in [1.82, 2.24) is 0 Å². The molecule has 2 heterocycles. The molecule has 408 valence electrons. The number of fused-ring (bicyclic) bond motifs is 30. The van der Waals surface area contributed by atoms with Gasteiger partial charge in [-0.15, -0.1) is 0 Å². The van der Waals surface area contributed by atoms with E-state index in [4.69, 9.17) is 9.47 Å². The number of ether oxygens (including phenoxy) is 2. The van der Waals surface area contributed by atoms with Crippen molar-refractivity contribution in [3.05, 3.63) is 296 Å². The van der Waals surface area contributed by atoms with Crippen molar-refractivity contribution in [3.63, 3.8) is 0 Å². The van der Waals surface area contributed by atoms with Gasteiger partial charge in [0, 0.05) is 34.8 Å². The topological polar surface area (TPSA) is 18.5 Å². The number of rotatable bonds is 2. The summed E-state index contributed by atoms with van der Waals surface area (Å²) in [6.45, 7) is 10.3. The third-order valence-electron chi connectivity index (χ3n) is 20.9. The fourth-order valence-corrected chi connectivity index (χ4v) is 17.6. The Bertz CT molecular complexity index is 5020. The van der Waals surface area contributed by atoms with Crippen LogP contribution in [0.3, 0.4) is 0 Å². The average Bonchev–Trinajstić information content (AvgIpc) is 1.49. The third kappa shape index (κ3) is 6.46. The highest BCUT2D eigenvalue weighted by molar-refractivity contribution is 6.33. The van der Waals surface area contributed by atoms with Gasteiger partial charge >= 0.3 is 0 Å². The Hall–Kier alpha value is -9.76. The molecule has 6 aliphatic rings. The maximum Gasteiger partial charge on any atom is 0.123 e. The van der Waals surface area contributed by atoms with Gasteiger partial charge in [-0.1, -0.05) is 229 Å². The van der Waals surface area contributed by atoms with Crippen LogP contribution in [0, 0.1) is 27.7 Å². The lowest BCUT2D eigenvalue weighted by molar-refractivity contribution is 0.279. The van der Waals surface area contributed by atoms with Gasteiger partial charge in [-0.25, -0.2) is 0 Å². The molecule has 20 rings (SSSR count). The highest BCUT2D eigenvalue weighted by Crippen LogP contribution is 2.64. The Balaban J connectivity index is 0.000000126. The van der Waals surface area contributed by atoms with Crippen LogP contribution >= 0.6 is 0 Å². The Labute approximate surface area is 500 Å². The maximum atomic E-state index is 6.26. The zero-order valence-corrected chi connectivity index (χ0v) is 48.7. The van der Waals surface area contributed by atoms with E-state index >= 15 is 0 Å². The summed E-state index contributed by atoms with van der Waals surface area (Å²) in [5, 5.41) is 16.6. The van der Waals surface area contributed by atoms with Gasteiger partial charge in [0.05, 0.1) is 13.2 Å². The van der Waals surface area contributed by atoms with E-state index in [0.717, 1.165) is 37.6 Å². The van der Waals surface area contributed by atoms with Gasteiger partial charge in [-0.05, 0) is 206 Å². The minimum absolute atomic E-state index is 0.189. The molecular formula is C84H60O2. The van der Waals surface area contributed by atoms with E-state index in [9.17, 15) is 0 Å². The van der Waals surface area contributed by atoms with Crippen LogP contribution in [-0.4, -0.2) is 13.2 Å². The summed E-state index contributed by atoms with van der Waals surface area (Å²) in [5.74, 6) is 3.24. The van der Waals surface area contributed by atoms with Crippen LogP contribution in [0.1, 0.15) is 114 Å². The zero-order valence-electron chi connectivity index (χ0n) is 48.7. The lowest BCUT2D eigenvalue weighted by Crippen LogP contribution is -2.12. The predicted octanol–water partition coefficient (Wildman–Crippen LogP) is 21.6. The summed E-state index contributed by atoms with van der Waals surface area (Å²) in [5.41, 5.74) is 30.6. The van der Waals surface area contributed by atoms with Crippen molar-refractivity contribution in [1.29, 1.82) is 0 Å². The molecule has 2 heteroatoms. The molecular weight excluding hydrogens is 1040 g/mol. The summed E-state index contributed by atoms with van der Waals surface area (Å²) < 4.78 is 12.5. The minimum atomic E-state index is 0.189. The summed E-state index contributed by atoms with van der Waals surface area (Å²) in [6, 6.07) is 83.0. The van der Waals surface area contributed by atoms with Crippen LogP contribution in [-0.2, 0) is 0 Å². The zero-order chi connectivity index (χ0) is 56.8. The fourth-order valence-electron chi connectivity index (χ4n) is 17.6. The predicted molar refractivity (Wildman–Crippen MR) is 357 cm³/mol. The second-order valence-electron chi connectivity index (χ2n) is 25.5. The van der Waals surface area contributed by atoms with E-state index < -0.39 is 0 Å². The molecule has 0 radical (unpaired) electrons. The van der Waals surface area contributed by atoms with E-state index in [0.29, 0.717) is 11.8 Å².